The minimum absolute atomic E-state index is 0. The Morgan fingerprint density at radius 1 is 0.583 bits per heavy atom. The Hall–Kier alpha value is -7.37. The van der Waals surface area contributed by atoms with Crippen LogP contribution in [-0.2, 0) is 22.2 Å². The lowest BCUT2D eigenvalue weighted by molar-refractivity contribution is -0.138. The number of alkyl halides is 6. The number of hydrogen-bond acceptors (Lipinski definition) is 16. The highest BCUT2D eigenvalue weighted by Gasteiger charge is 2.37. The third-order valence-corrected chi connectivity index (χ3v) is 13.0. The van der Waals surface area contributed by atoms with Crippen molar-refractivity contribution in [1.82, 2.24) is 29.7 Å². The van der Waals surface area contributed by atoms with Gasteiger partial charge in [-0.05, 0) is 74.8 Å². The quantitative estimate of drug-likeness (QED) is 0.0450. The summed E-state index contributed by atoms with van der Waals surface area (Å²) in [6, 6.07) is 24.6. The molecular formula is C49H56F6N12O4S. The lowest BCUT2D eigenvalue weighted by atomic mass is 9.99. The summed E-state index contributed by atoms with van der Waals surface area (Å²) in [5.74, 6) is -2.77. The van der Waals surface area contributed by atoms with Crippen LogP contribution in [0.15, 0.2) is 115 Å². The van der Waals surface area contributed by atoms with Crippen LogP contribution in [0.3, 0.4) is 0 Å². The number of hydrogen-bond donors (Lipinski definition) is 4. The maximum absolute atomic E-state index is 13.3. The Bertz CT molecular complexity index is 2910. The lowest BCUT2D eigenvalue weighted by Gasteiger charge is -2.34. The third kappa shape index (κ3) is 14.2. The molecule has 0 aliphatic carbocycles. The molecule has 4 aromatic carbocycles. The molecule has 384 valence electrons. The monoisotopic (exact) mass is 1020 g/mol. The number of anilines is 7. The number of nitrogens with one attached hydrogen (secondary N) is 1. The molecule has 6 aromatic rings. The molecule has 0 unspecified atom stereocenters. The van der Waals surface area contributed by atoms with Crippen molar-refractivity contribution >= 4 is 61.7 Å². The van der Waals surface area contributed by atoms with Crippen molar-refractivity contribution in [2.75, 3.05) is 105 Å². The predicted octanol–water partition coefficient (Wildman–Crippen LogP) is 7.56. The van der Waals surface area contributed by atoms with Gasteiger partial charge in [0, 0.05) is 98.6 Å². The molecule has 7 N–H and O–H groups in total. The second-order valence-corrected chi connectivity index (χ2v) is 18.6. The average Bonchev–Trinajstić information content (AvgIpc) is 3.34. The number of nitrogens with zero attached hydrogens (tertiary/aromatic N) is 8. The Balaban J connectivity index is 0.000000216. The Kier molecular flexibility index (Phi) is 18.3. The number of nitrogens with two attached hydrogens (primary N) is 3. The van der Waals surface area contributed by atoms with Gasteiger partial charge in [-0.1, -0.05) is 50.7 Å². The van der Waals surface area contributed by atoms with E-state index in [1.54, 1.807) is 0 Å². The van der Waals surface area contributed by atoms with E-state index in [0.717, 1.165) is 106 Å². The van der Waals surface area contributed by atoms with Crippen molar-refractivity contribution < 1.29 is 44.3 Å². The number of carbonyl (C=O) groups is 2. The van der Waals surface area contributed by atoms with Gasteiger partial charge in [0.05, 0.1) is 28.0 Å². The van der Waals surface area contributed by atoms with Crippen molar-refractivity contribution in [3.8, 4) is 0 Å². The number of carbonyl (C=O) groups excluding carboxylic acids is 2. The van der Waals surface area contributed by atoms with E-state index < -0.39 is 72.5 Å². The normalized spacial score (nSPS) is 14.5. The molecule has 8 rings (SSSR count). The van der Waals surface area contributed by atoms with E-state index in [4.69, 9.17) is 17.2 Å². The zero-order chi connectivity index (χ0) is 51.7. The number of piperazine rings is 2. The van der Waals surface area contributed by atoms with E-state index in [2.05, 4.69) is 71.1 Å². The second kappa shape index (κ2) is 23.7. The molecule has 0 spiro atoms. The van der Waals surface area contributed by atoms with Crippen LogP contribution in [0.2, 0.25) is 0 Å². The van der Waals surface area contributed by atoms with Crippen LogP contribution >= 0.6 is 0 Å². The first kappa shape index (κ1) is 55.6. The van der Waals surface area contributed by atoms with Crippen LogP contribution in [0.1, 0.15) is 57.3 Å². The summed E-state index contributed by atoms with van der Waals surface area (Å²) in [7, 11) is 0.515. The van der Waals surface area contributed by atoms with Crippen molar-refractivity contribution in [3.05, 3.63) is 143 Å². The molecular weight excluding hydrogens is 967 g/mol. The Morgan fingerprint density at radius 3 is 1.39 bits per heavy atom. The topological polar surface area (TPSA) is 223 Å². The Morgan fingerprint density at radius 2 is 0.986 bits per heavy atom. The number of aromatic nitrogens is 4. The molecule has 0 atom stereocenters. The molecule has 23 heteroatoms. The molecule has 2 fully saturated rings. The summed E-state index contributed by atoms with van der Waals surface area (Å²) in [6.45, 7) is 9.80. The third-order valence-electron chi connectivity index (χ3n) is 11.5. The molecule has 0 saturated carbocycles. The first-order chi connectivity index (χ1) is 33.5. The zero-order valence-corrected chi connectivity index (χ0v) is 39.7. The van der Waals surface area contributed by atoms with E-state index in [1.807, 2.05) is 36.4 Å². The summed E-state index contributed by atoms with van der Waals surface area (Å²) in [4.78, 5) is 49.6. The van der Waals surface area contributed by atoms with Gasteiger partial charge in [-0.3, -0.25) is 9.59 Å². The van der Waals surface area contributed by atoms with Crippen molar-refractivity contribution in [2.45, 2.75) is 31.9 Å². The number of nitrogen functional groups attached to an aromatic ring is 3. The van der Waals surface area contributed by atoms with E-state index in [0.29, 0.717) is 5.69 Å². The van der Waals surface area contributed by atoms with Crippen LogP contribution in [0.5, 0.6) is 0 Å². The minimum atomic E-state index is -4.73. The van der Waals surface area contributed by atoms with Gasteiger partial charge in [-0.2, -0.15) is 31.3 Å². The van der Waals surface area contributed by atoms with Gasteiger partial charge >= 0.3 is 12.4 Å². The second-order valence-electron chi connectivity index (χ2n) is 16.4. The standard InChI is InChI=1S/C23H23F3N6O.C14H12F3N3O3S.C11H17N3.CH4/c1-31-10-12-32(13-11-31)16-8-6-15(7-9-16)29-22-28-14-18(21(27)30-22)20(33)17-4-2-3-5-19(17)23(24,25)26;1-2-24(22,23)13-19-7-9(12(18)20-13)11(21)8-5-3-4-6-10(8)14(15,16)17;1-13-6-8-14(9-7-13)11-4-2-10(12)3-5-11;/h2-9,14H,10-13H2,1H3,(H3,27,28,29,30);3-7H,2H2,1H3,(H2,18,19,20);2-5H,6-9,12H2,1H3;1H4. The Labute approximate surface area is 413 Å². The average molecular weight is 1020 g/mol. The molecule has 2 aliphatic heterocycles. The van der Waals surface area contributed by atoms with Crippen molar-refractivity contribution in [2.24, 2.45) is 0 Å². The highest BCUT2D eigenvalue weighted by Crippen LogP contribution is 2.35. The molecule has 2 aromatic heterocycles. The summed E-state index contributed by atoms with van der Waals surface area (Å²) in [5, 5.41) is 2.42. The fourth-order valence-corrected chi connectivity index (χ4v) is 8.02. The number of benzene rings is 4. The number of rotatable bonds is 10. The summed E-state index contributed by atoms with van der Waals surface area (Å²) in [5.41, 5.74) is 17.2. The van der Waals surface area contributed by atoms with Crippen LogP contribution in [0, 0.1) is 0 Å². The molecule has 0 radical (unpaired) electrons. The van der Waals surface area contributed by atoms with E-state index in [1.165, 1.54) is 30.8 Å². The highest BCUT2D eigenvalue weighted by atomic mass is 32.2. The molecule has 0 amide bonds. The summed E-state index contributed by atoms with van der Waals surface area (Å²) < 4.78 is 102. The molecule has 0 bridgehead atoms. The fraction of sp³-hybridized carbons (Fsp3) is 0.306. The molecule has 16 nitrogen and oxygen atoms in total. The smallest absolute Gasteiger partial charge is 0.399 e. The van der Waals surface area contributed by atoms with Crippen molar-refractivity contribution in [3.63, 3.8) is 0 Å². The van der Waals surface area contributed by atoms with Crippen LogP contribution < -0.4 is 32.3 Å². The van der Waals surface area contributed by atoms with E-state index in [9.17, 15) is 44.3 Å². The van der Waals surface area contributed by atoms with Gasteiger partial charge in [0.1, 0.15) is 11.6 Å². The predicted molar refractivity (Wildman–Crippen MR) is 267 cm³/mol. The first-order valence-electron chi connectivity index (χ1n) is 22.0. The number of sulfone groups is 1. The maximum atomic E-state index is 13.3. The largest absolute Gasteiger partial charge is 0.417 e. The van der Waals surface area contributed by atoms with E-state index >= 15 is 0 Å². The van der Waals surface area contributed by atoms with Gasteiger partial charge in [0.25, 0.3) is 0 Å². The van der Waals surface area contributed by atoms with Crippen LogP contribution in [0.4, 0.5) is 66.7 Å². The molecule has 4 heterocycles. The molecule has 72 heavy (non-hydrogen) atoms. The molecule has 2 aliphatic rings. The minimum Gasteiger partial charge on any atom is -0.399 e. The maximum Gasteiger partial charge on any atom is 0.417 e. The molecule has 2 saturated heterocycles. The van der Waals surface area contributed by atoms with Crippen LogP contribution in [0.25, 0.3) is 0 Å². The van der Waals surface area contributed by atoms with Crippen molar-refractivity contribution in [1.29, 1.82) is 0 Å². The van der Waals surface area contributed by atoms with Gasteiger partial charge < -0.3 is 42.1 Å². The van der Waals surface area contributed by atoms with Gasteiger partial charge in [-0.25, -0.2) is 23.4 Å². The van der Waals surface area contributed by atoms with Gasteiger partial charge in [0.15, 0.2) is 11.6 Å². The van der Waals surface area contributed by atoms with Gasteiger partial charge in [0.2, 0.25) is 20.9 Å². The summed E-state index contributed by atoms with van der Waals surface area (Å²) in [6.07, 6.45) is -7.44. The van der Waals surface area contributed by atoms with Gasteiger partial charge in [-0.15, -0.1) is 0 Å². The van der Waals surface area contributed by atoms with Crippen LogP contribution in [-0.4, -0.2) is 122 Å². The lowest BCUT2D eigenvalue weighted by Crippen LogP contribution is -2.44. The highest BCUT2D eigenvalue weighted by molar-refractivity contribution is 7.91. The zero-order valence-electron chi connectivity index (χ0n) is 38.9. The van der Waals surface area contributed by atoms with E-state index in [-0.39, 0.29) is 30.5 Å². The number of likely N-dealkylation sites (N-methyl/N-ethyl adjacent to an activating group) is 2. The SMILES string of the molecule is C.CCS(=O)(=O)c1ncc(C(=O)c2ccccc2C(F)(F)F)c(N)n1.CN1CCN(c2ccc(N)cc2)CC1.CN1CCN(c2ccc(Nc3ncc(C(=O)c4ccccc4C(F)(F)F)c(N)n3)cc2)CC1. The summed E-state index contributed by atoms with van der Waals surface area (Å²) >= 11 is 0. The number of ketones is 2. The fourth-order valence-electron chi connectivity index (χ4n) is 7.31. The number of halogens is 6. The first-order valence-corrected chi connectivity index (χ1v) is 23.7.